The molecule has 2 unspecified atom stereocenters. The van der Waals surface area contributed by atoms with Crippen molar-refractivity contribution in [2.24, 2.45) is 5.92 Å². The molecule has 13 heavy (non-hydrogen) atoms. The third kappa shape index (κ3) is 3.25. The minimum absolute atomic E-state index is 0.169. The molecule has 0 fully saturated rings. The molecule has 0 rings (SSSR count). The van der Waals surface area contributed by atoms with Crippen LogP contribution in [0.5, 0.6) is 0 Å². The second kappa shape index (κ2) is 5.58. The van der Waals surface area contributed by atoms with Gasteiger partial charge in [0.25, 0.3) is 0 Å². The van der Waals surface area contributed by atoms with Gasteiger partial charge in [0.2, 0.25) is 0 Å². The highest BCUT2D eigenvalue weighted by molar-refractivity contribution is 4.82. The maximum atomic E-state index is 10.1. The summed E-state index contributed by atoms with van der Waals surface area (Å²) in [6.45, 7) is 5.86. The van der Waals surface area contributed by atoms with Gasteiger partial charge in [-0.1, -0.05) is 20.3 Å². The van der Waals surface area contributed by atoms with Crippen LogP contribution in [0.2, 0.25) is 0 Å². The molecular weight excluding hydrogens is 168 g/mol. The van der Waals surface area contributed by atoms with Gasteiger partial charge in [0.15, 0.2) is 6.29 Å². The van der Waals surface area contributed by atoms with Gasteiger partial charge in [0.05, 0.1) is 0 Å². The Morgan fingerprint density at radius 3 is 2.08 bits per heavy atom. The Morgan fingerprint density at radius 2 is 1.77 bits per heavy atom. The summed E-state index contributed by atoms with van der Waals surface area (Å²) in [4.78, 5) is 0. The molecule has 0 aliphatic heterocycles. The van der Waals surface area contributed by atoms with E-state index >= 15 is 0 Å². The second-order valence-electron chi connectivity index (χ2n) is 3.72. The van der Waals surface area contributed by atoms with Gasteiger partial charge in [0, 0.05) is 14.2 Å². The highest BCUT2D eigenvalue weighted by Gasteiger charge is 2.37. The molecule has 0 saturated heterocycles. The molecule has 0 aromatic carbocycles. The van der Waals surface area contributed by atoms with Gasteiger partial charge in [-0.05, 0) is 19.3 Å². The average Bonchev–Trinajstić information content (AvgIpc) is 2.06. The summed E-state index contributed by atoms with van der Waals surface area (Å²) in [6.07, 6.45) is 1.47. The molecule has 0 amide bonds. The van der Waals surface area contributed by atoms with E-state index in [1.54, 1.807) is 21.1 Å². The Balaban J connectivity index is 4.32. The van der Waals surface area contributed by atoms with Crippen LogP contribution < -0.4 is 0 Å². The van der Waals surface area contributed by atoms with Crippen molar-refractivity contribution in [3.05, 3.63) is 0 Å². The lowest BCUT2D eigenvalue weighted by molar-refractivity contribution is -0.225. The highest BCUT2D eigenvalue weighted by atomic mass is 16.7. The van der Waals surface area contributed by atoms with Crippen LogP contribution in [0.15, 0.2) is 0 Å². The molecule has 0 heterocycles. The van der Waals surface area contributed by atoms with Crippen LogP contribution in [0.1, 0.15) is 33.6 Å². The molecule has 2 atom stereocenters. The van der Waals surface area contributed by atoms with Crippen molar-refractivity contribution in [1.82, 2.24) is 0 Å². The van der Waals surface area contributed by atoms with Crippen molar-refractivity contribution in [2.75, 3.05) is 14.2 Å². The zero-order chi connectivity index (χ0) is 10.5. The molecule has 0 aliphatic carbocycles. The number of methoxy groups -OCH3 is 2. The van der Waals surface area contributed by atoms with Crippen LogP contribution in [-0.4, -0.2) is 31.2 Å². The number of ether oxygens (including phenoxy) is 2. The Labute approximate surface area is 81.0 Å². The molecule has 0 aromatic rings. The molecule has 3 nitrogen and oxygen atoms in total. The van der Waals surface area contributed by atoms with Crippen LogP contribution in [0.4, 0.5) is 0 Å². The summed E-state index contributed by atoms with van der Waals surface area (Å²) in [5.74, 6) is 0.169. The first-order chi connectivity index (χ1) is 6.00. The van der Waals surface area contributed by atoms with Crippen LogP contribution in [0.25, 0.3) is 0 Å². The van der Waals surface area contributed by atoms with E-state index in [1.807, 2.05) is 6.92 Å². The summed E-state index contributed by atoms with van der Waals surface area (Å²) in [6, 6.07) is 0. The highest BCUT2D eigenvalue weighted by Crippen LogP contribution is 2.26. The number of hydrogen-bond acceptors (Lipinski definition) is 3. The lowest BCUT2D eigenvalue weighted by atomic mass is 9.86. The van der Waals surface area contributed by atoms with E-state index in [4.69, 9.17) is 9.47 Å². The molecule has 0 spiro atoms. The summed E-state index contributed by atoms with van der Waals surface area (Å²) < 4.78 is 10.1. The van der Waals surface area contributed by atoms with Crippen LogP contribution >= 0.6 is 0 Å². The maximum Gasteiger partial charge on any atom is 0.185 e. The fraction of sp³-hybridized carbons (Fsp3) is 1.00. The predicted octanol–water partition coefficient (Wildman–Crippen LogP) is 1.79. The molecule has 0 bridgehead atoms. The molecule has 3 heteroatoms. The predicted molar refractivity (Wildman–Crippen MR) is 52.5 cm³/mol. The van der Waals surface area contributed by atoms with Crippen LogP contribution in [0, 0.1) is 5.92 Å². The van der Waals surface area contributed by atoms with Crippen molar-refractivity contribution in [1.29, 1.82) is 0 Å². The van der Waals surface area contributed by atoms with E-state index in [2.05, 4.69) is 6.92 Å². The average molecular weight is 190 g/mol. The van der Waals surface area contributed by atoms with Crippen molar-refractivity contribution in [3.63, 3.8) is 0 Å². The quantitative estimate of drug-likeness (QED) is 0.649. The van der Waals surface area contributed by atoms with Crippen molar-refractivity contribution >= 4 is 0 Å². The second-order valence-corrected chi connectivity index (χ2v) is 3.72. The van der Waals surface area contributed by atoms with E-state index in [0.717, 1.165) is 12.8 Å². The topological polar surface area (TPSA) is 38.7 Å². The van der Waals surface area contributed by atoms with E-state index in [-0.39, 0.29) is 5.92 Å². The fourth-order valence-electron chi connectivity index (χ4n) is 1.53. The first-order valence-electron chi connectivity index (χ1n) is 4.78. The van der Waals surface area contributed by atoms with Gasteiger partial charge in [-0.2, -0.15) is 0 Å². The number of hydrogen-bond donors (Lipinski definition) is 1. The minimum Gasteiger partial charge on any atom is -0.385 e. The van der Waals surface area contributed by atoms with Gasteiger partial charge >= 0.3 is 0 Å². The van der Waals surface area contributed by atoms with Crippen molar-refractivity contribution in [2.45, 2.75) is 45.5 Å². The number of rotatable bonds is 6. The van der Waals surface area contributed by atoms with Gasteiger partial charge in [-0.15, -0.1) is 0 Å². The molecular formula is C10H22O3. The molecule has 0 radical (unpaired) electrons. The normalized spacial score (nSPS) is 18.7. The smallest absolute Gasteiger partial charge is 0.185 e. The Bertz CT molecular complexity index is 130. The van der Waals surface area contributed by atoms with Gasteiger partial charge in [0.1, 0.15) is 5.60 Å². The lowest BCUT2D eigenvalue weighted by Crippen LogP contribution is -2.47. The Kier molecular flexibility index (Phi) is 5.53. The zero-order valence-corrected chi connectivity index (χ0v) is 9.33. The summed E-state index contributed by atoms with van der Waals surface area (Å²) in [7, 11) is 3.09. The standard InChI is InChI=1S/C10H22O3/c1-6-7-8(2)10(3,11)9(12-4)13-5/h8-9,11H,6-7H2,1-5H3. The summed E-state index contributed by atoms with van der Waals surface area (Å²) in [5.41, 5.74) is -0.917. The molecule has 80 valence electrons. The van der Waals surface area contributed by atoms with Crippen molar-refractivity contribution < 1.29 is 14.6 Å². The van der Waals surface area contributed by atoms with Gasteiger partial charge in [-0.3, -0.25) is 0 Å². The van der Waals surface area contributed by atoms with Gasteiger partial charge < -0.3 is 14.6 Å². The van der Waals surface area contributed by atoms with Crippen LogP contribution in [-0.2, 0) is 9.47 Å². The van der Waals surface area contributed by atoms with Crippen molar-refractivity contribution in [3.8, 4) is 0 Å². The Hall–Kier alpha value is -0.120. The van der Waals surface area contributed by atoms with Crippen LogP contribution in [0.3, 0.4) is 0 Å². The molecule has 0 aromatic heterocycles. The van der Waals surface area contributed by atoms with E-state index in [1.165, 1.54) is 0 Å². The Morgan fingerprint density at radius 1 is 1.31 bits per heavy atom. The molecule has 0 aliphatic rings. The third-order valence-corrected chi connectivity index (χ3v) is 2.62. The van der Waals surface area contributed by atoms with E-state index in [9.17, 15) is 5.11 Å². The first kappa shape index (κ1) is 12.9. The van der Waals surface area contributed by atoms with Gasteiger partial charge in [-0.25, -0.2) is 0 Å². The maximum absolute atomic E-state index is 10.1. The summed E-state index contributed by atoms with van der Waals surface area (Å²) >= 11 is 0. The molecule has 1 N–H and O–H groups in total. The molecule has 0 saturated carbocycles. The SMILES string of the molecule is CCCC(C)C(C)(O)C(OC)OC. The summed E-state index contributed by atoms with van der Waals surface area (Å²) in [5, 5.41) is 10.1. The third-order valence-electron chi connectivity index (χ3n) is 2.62. The van der Waals surface area contributed by atoms with E-state index < -0.39 is 11.9 Å². The monoisotopic (exact) mass is 190 g/mol. The largest absolute Gasteiger partial charge is 0.385 e. The minimum atomic E-state index is -0.917. The van der Waals surface area contributed by atoms with E-state index in [0.29, 0.717) is 0 Å². The fourth-order valence-corrected chi connectivity index (χ4v) is 1.53. The number of aliphatic hydroxyl groups is 1. The first-order valence-corrected chi connectivity index (χ1v) is 4.78. The zero-order valence-electron chi connectivity index (χ0n) is 9.33. The lowest BCUT2D eigenvalue weighted by Gasteiger charge is -2.35.